The number of thioether (sulfide) groups is 1. The number of nitrogens with one attached hydrogen (secondary N) is 1. The van der Waals surface area contributed by atoms with Crippen LogP contribution in [0.2, 0.25) is 5.02 Å². The number of anilines is 1. The molecule has 0 atom stereocenters. The maximum absolute atomic E-state index is 12.5. The van der Waals surface area contributed by atoms with Gasteiger partial charge in [0.05, 0.1) is 36.3 Å². The molecule has 0 aliphatic rings. The minimum absolute atomic E-state index is 0.103. The summed E-state index contributed by atoms with van der Waals surface area (Å²) >= 11 is 7.29. The van der Waals surface area contributed by atoms with E-state index in [2.05, 4.69) is 15.5 Å². The molecule has 2 heterocycles. The van der Waals surface area contributed by atoms with Crippen LogP contribution in [-0.2, 0) is 11.3 Å². The molecule has 0 radical (unpaired) electrons. The average Bonchev–Trinajstić information content (AvgIpc) is 3.48. The largest absolute Gasteiger partial charge is 0.497 e. The number of rotatable bonds is 8. The van der Waals surface area contributed by atoms with E-state index < -0.39 is 0 Å². The second-order valence-electron chi connectivity index (χ2n) is 6.85. The monoisotopic (exact) mass is 479 g/mol. The molecule has 166 valence electrons. The van der Waals surface area contributed by atoms with E-state index >= 15 is 0 Å². The summed E-state index contributed by atoms with van der Waals surface area (Å²) in [4.78, 5) is 12.5. The number of hydrogen-bond acceptors (Lipinski definition) is 7. The summed E-state index contributed by atoms with van der Waals surface area (Å²) in [6.07, 6.45) is 1.61. The topological polar surface area (TPSA) is 106 Å². The third-order valence-corrected chi connectivity index (χ3v) is 5.92. The normalized spacial score (nSPS) is 10.6. The molecule has 0 aliphatic heterocycles. The Balaban J connectivity index is 1.53. The van der Waals surface area contributed by atoms with Gasteiger partial charge in [-0.05, 0) is 42.5 Å². The Morgan fingerprint density at radius 2 is 2.12 bits per heavy atom. The number of hydrogen-bond donors (Lipinski definition) is 1. The Labute approximate surface area is 199 Å². The summed E-state index contributed by atoms with van der Waals surface area (Å²) in [7, 11) is 1.60. The molecule has 4 rings (SSSR count). The van der Waals surface area contributed by atoms with Gasteiger partial charge in [-0.15, -0.1) is 10.2 Å². The fraction of sp³-hybridized carbons (Fsp3) is 0.130. The Bertz CT molecular complexity index is 1310. The molecule has 0 fully saturated rings. The van der Waals surface area contributed by atoms with Gasteiger partial charge < -0.3 is 14.5 Å². The minimum atomic E-state index is -0.240. The highest BCUT2D eigenvalue weighted by Crippen LogP contribution is 2.28. The van der Waals surface area contributed by atoms with Crippen molar-refractivity contribution >= 4 is 35.0 Å². The number of methoxy groups -OCH3 is 1. The SMILES string of the molecule is COc1cccc(-c2nnc(SCC(=O)Nc3ccc(C#N)c(Cl)c3)n2Cc2ccco2)c1. The number of furan rings is 1. The van der Waals surface area contributed by atoms with Gasteiger partial charge in [-0.2, -0.15) is 5.26 Å². The number of amides is 1. The van der Waals surface area contributed by atoms with Crippen LogP contribution in [0.5, 0.6) is 5.75 Å². The van der Waals surface area contributed by atoms with Gasteiger partial charge in [0.15, 0.2) is 11.0 Å². The van der Waals surface area contributed by atoms with Crippen molar-refractivity contribution in [2.24, 2.45) is 0 Å². The van der Waals surface area contributed by atoms with Crippen molar-refractivity contribution < 1.29 is 13.9 Å². The summed E-state index contributed by atoms with van der Waals surface area (Å²) < 4.78 is 12.7. The number of carbonyl (C=O) groups excluding carboxylic acids is 1. The molecule has 1 amide bonds. The third kappa shape index (κ3) is 5.37. The van der Waals surface area contributed by atoms with Crippen molar-refractivity contribution in [3.63, 3.8) is 0 Å². The molecule has 0 saturated carbocycles. The zero-order valence-electron chi connectivity index (χ0n) is 17.5. The van der Waals surface area contributed by atoms with E-state index in [0.29, 0.717) is 34.5 Å². The highest BCUT2D eigenvalue weighted by Gasteiger charge is 2.18. The van der Waals surface area contributed by atoms with Crippen molar-refractivity contribution in [2.75, 3.05) is 18.2 Å². The molecule has 1 N–H and O–H groups in total. The van der Waals surface area contributed by atoms with Gasteiger partial charge in [-0.25, -0.2) is 0 Å². The standard InChI is InChI=1S/C23H18ClN5O3S/c1-31-18-5-2-4-15(10-18)22-27-28-23(29(22)13-19-6-3-9-32-19)33-14-21(30)26-17-8-7-16(12-25)20(24)11-17/h2-11H,13-14H2,1H3,(H,26,30). The molecule has 4 aromatic rings. The maximum atomic E-state index is 12.5. The van der Waals surface area contributed by atoms with Gasteiger partial charge in [-0.3, -0.25) is 9.36 Å². The van der Waals surface area contributed by atoms with Crippen molar-refractivity contribution in [1.82, 2.24) is 14.8 Å². The van der Waals surface area contributed by atoms with Crippen molar-refractivity contribution in [3.05, 3.63) is 77.2 Å². The van der Waals surface area contributed by atoms with Crippen LogP contribution in [0.1, 0.15) is 11.3 Å². The minimum Gasteiger partial charge on any atom is -0.497 e. The average molecular weight is 480 g/mol. The summed E-state index contributed by atoms with van der Waals surface area (Å²) in [5.41, 5.74) is 1.69. The molecular weight excluding hydrogens is 462 g/mol. The zero-order valence-corrected chi connectivity index (χ0v) is 19.1. The van der Waals surface area contributed by atoms with Gasteiger partial charge in [0, 0.05) is 11.3 Å². The zero-order chi connectivity index (χ0) is 23.2. The number of nitriles is 1. The fourth-order valence-corrected chi connectivity index (χ4v) is 4.04. The molecule has 33 heavy (non-hydrogen) atoms. The van der Waals surface area contributed by atoms with Crippen LogP contribution in [0.4, 0.5) is 5.69 Å². The maximum Gasteiger partial charge on any atom is 0.234 e. The lowest BCUT2D eigenvalue weighted by Crippen LogP contribution is -2.15. The first-order valence-corrected chi connectivity index (χ1v) is 11.2. The predicted octanol–water partition coefficient (Wildman–Crippen LogP) is 4.85. The second-order valence-corrected chi connectivity index (χ2v) is 8.20. The second kappa shape index (κ2) is 10.3. The Morgan fingerprint density at radius 3 is 2.85 bits per heavy atom. The van der Waals surface area contributed by atoms with E-state index in [9.17, 15) is 4.79 Å². The Kier molecular flexibility index (Phi) is 6.98. The van der Waals surface area contributed by atoms with Gasteiger partial charge >= 0.3 is 0 Å². The van der Waals surface area contributed by atoms with Crippen molar-refractivity contribution in [1.29, 1.82) is 5.26 Å². The molecule has 2 aromatic carbocycles. The number of nitrogens with zero attached hydrogens (tertiary/aromatic N) is 4. The van der Waals surface area contributed by atoms with Gasteiger partial charge in [0.2, 0.25) is 5.91 Å². The first kappa shape index (κ1) is 22.5. The van der Waals surface area contributed by atoms with Crippen molar-refractivity contribution in [2.45, 2.75) is 11.7 Å². The van der Waals surface area contributed by atoms with E-state index in [0.717, 1.165) is 11.3 Å². The summed E-state index contributed by atoms with van der Waals surface area (Å²) in [6.45, 7) is 0.404. The Hall–Kier alpha value is -3.74. The highest BCUT2D eigenvalue weighted by molar-refractivity contribution is 7.99. The molecular formula is C23H18ClN5O3S. The molecule has 0 unspecified atom stereocenters. The van der Waals surface area contributed by atoms with Crippen LogP contribution in [0, 0.1) is 11.3 Å². The highest BCUT2D eigenvalue weighted by atomic mass is 35.5. The van der Waals surface area contributed by atoms with E-state index in [1.165, 1.54) is 11.8 Å². The van der Waals surface area contributed by atoms with Crippen LogP contribution in [-0.4, -0.2) is 33.5 Å². The van der Waals surface area contributed by atoms with E-state index in [4.69, 9.17) is 26.0 Å². The van der Waals surface area contributed by atoms with Crippen LogP contribution in [0.3, 0.4) is 0 Å². The third-order valence-electron chi connectivity index (χ3n) is 4.64. The molecule has 0 saturated heterocycles. The first-order chi connectivity index (χ1) is 16.1. The van der Waals surface area contributed by atoms with E-state index in [-0.39, 0.29) is 16.7 Å². The Morgan fingerprint density at radius 1 is 1.24 bits per heavy atom. The molecule has 0 spiro atoms. The van der Waals surface area contributed by atoms with Crippen LogP contribution >= 0.6 is 23.4 Å². The lowest BCUT2D eigenvalue weighted by Gasteiger charge is -2.10. The van der Waals surface area contributed by atoms with Crippen LogP contribution in [0.15, 0.2) is 70.4 Å². The molecule has 2 aromatic heterocycles. The van der Waals surface area contributed by atoms with Crippen LogP contribution < -0.4 is 10.1 Å². The summed E-state index contributed by atoms with van der Waals surface area (Å²) in [6, 6.07) is 17.9. The number of ether oxygens (including phenoxy) is 1. The van der Waals surface area contributed by atoms with Gasteiger partial charge in [0.25, 0.3) is 0 Å². The van der Waals surface area contributed by atoms with E-state index in [1.807, 2.05) is 47.0 Å². The van der Waals surface area contributed by atoms with Crippen LogP contribution in [0.25, 0.3) is 11.4 Å². The molecule has 8 nitrogen and oxygen atoms in total. The number of halogens is 1. The summed E-state index contributed by atoms with van der Waals surface area (Å²) in [5, 5.41) is 21.3. The quantitative estimate of drug-likeness (QED) is 0.360. The van der Waals surface area contributed by atoms with E-state index in [1.54, 1.807) is 31.6 Å². The molecule has 10 heteroatoms. The number of aromatic nitrogens is 3. The number of benzene rings is 2. The lowest BCUT2D eigenvalue weighted by atomic mass is 10.2. The fourth-order valence-electron chi connectivity index (χ4n) is 3.08. The van der Waals surface area contributed by atoms with Gasteiger partial charge in [-0.1, -0.05) is 35.5 Å². The smallest absolute Gasteiger partial charge is 0.234 e. The summed E-state index contributed by atoms with van der Waals surface area (Å²) in [5.74, 6) is 1.93. The molecule has 0 aliphatic carbocycles. The van der Waals surface area contributed by atoms with Gasteiger partial charge in [0.1, 0.15) is 17.6 Å². The predicted molar refractivity (Wildman–Crippen MR) is 125 cm³/mol. The first-order valence-electron chi connectivity index (χ1n) is 9.79. The lowest BCUT2D eigenvalue weighted by molar-refractivity contribution is -0.113. The molecule has 0 bridgehead atoms. The number of carbonyl (C=O) groups is 1. The van der Waals surface area contributed by atoms with Crippen molar-refractivity contribution in [3.8, 4) is 23.2 Å².